The van der Waals surface area contributed by atoms with Crippen LogP contribution in [0.4, 0.5) is 5.82 Å². The quantitative estimate of drug-likeness (QED) is 0.711. The summed E-state index contributed by atoms with van der Waals surface area (Å²) in [5.74, 6) is 1.97. The van der Waals surface area contributed by atoms with E-state index in [2.05, 4.69) is 28.7 Å². The second-order valence-electron chi connectivity index (χ2n) is 6.95. The second-order valence-corrected chi connectivity index (χ2v) is 8.59. The molecule has 142 valence electrons. The van der Waals surface area contributed by atoms with E-state index in [1.807, 2.05) is 24.3 Å². The molecular weight excluding hydrogens is 380 g/mol. The summed E-state index contributed by atoms with van der Waals surface area (Å²) in [5.41, 5.74) is 1.32. The van der Waals surface area contributed by atoms with Crippen molar-refractivity contribution in [1.29, 1.82) is 0 Å². The highest BCUT2D eigenvalue weighted by Gasteiger charge is 2.24. The zero-order valence-corrected chi connectivity index (χ0v) is 17.2. The van der Waals surface area contributed by atoms with Crippen LogP contribution in [0.25, 0.3) is 10.2 Å². The summed E-state index contributed by atoms with van der Waals surface area (Å²) in [5, 5.41) is 1.97. The van der Waals surface area contributed by atoms with Crippen molar-refractivity contribution in [2.75, 3.05) is 44.2 Å². The number of rotatable bonds is 5. The van der Waals surface area contributed by atoms with Crippen molar-refractivity contribution in [3.63, 3.8) is 0 Å². The monoisotopic (exact) mass is 403 g/mol. The lowest BCUT2D eigenvalue weighted by atomic mass is 10.2. The Morgan fingerprint density at radius 1 is 1.15 bits per heavy atom. The molecular formula is C20H24ClN4OS+. The molecule has 0 bridgehead atoms. The Morgan fingerprint density at radius 3 is 2.63 bits per heavy atom. The fraction of sp³-hybridized carbons (Fsp3) is 0.400. The maximum Gasteiger partial charge on any atom is 0.141 e. The molecule has 0 amide bonds. The number of halogens is 1. The Morgan fingerprint density at radius 2 is 1.89 bits per heavy atom. The number of hydrogen-bond donors (Lipinski definition) is 1. The van der Waals surface area contributed by atoms with E-state index >= 15 is 0 Å². The molecule has 4 rings (SSSR count). The fourth-order valence-corrected chi connectivity index (χ4v) is 4.65. The fourth-order valence-electron chi connectivity index (χ4n) is 3.53. The summed E-state index contributed by atoms with van der Waals surface area (Å²) in [7, 11) is 0. The number of anilines is 1. The van der Waals surface area contributed by atoms with Crippen LogP contribution in [0.5, 0.6) is 5.75 Å². The van der Waals surface area contributed by atoms with Crippen LogP contribution >= 0.6 is 22.9 Å². The summed E-state index contributed by atoms with van der Waals surface area (Å²) in [6.07, 6.45) is 1.70. The third kappa shape index (κ3) is 4.03. The summed E-state index contributed by atoms with van der Waals surface area (Å²) < 4.78 is 5.84. The molecule has 5 nitrogen and oxygen atoms in total. The summed E-state index contributed by atoms with van der Waals surface area (Å²) in [4.78, 5) is 15.5. The van der Waals surface area contributed by atoms with Crippen LogP contribution in [-0.4, -0.2) is 49.3 Å². The van der Waals surface area contributed by atoms with E-state index in [1.165, 1.54) is 15.8 Å². The Bertz CT molecular complexity index is 920. The molecule has 0 aliphatic carbocycles. The van der Waals surface area contributed by atoms with Gasteiger partial charge in [-0.05, 0) is 43.7 Å². The number of piperazine rings is 1. The Balaban J connectivity index is 1.33. The van der Waals surface area contributed by atoms with E-state index in [-0.39, 0.29) is 0 Å². The number of aromatic nitrogens is 2. The highest BCUT2D eigenvalue weighted by Crippen LogP contribution is 2.34. The highest BCUT2D eigenvalue weighted by molar-refractivity contribution is 7.18. The zero-order valence-electron chi connectivity index (χ0n) is 15.7. The smallest absolute Gasteiger partial charge is 0.141 e. The minimum absolute atomic E-state index is 0.720. The third-order valence-corrected chi connectivity index (χ3v) is 6.62. The normalized spacial score (nSPS) is 15.4. The lowest BCUT2D eigenvalue weighted by Gasteiger charge is -2.33. The van der Waals surface area contributed by atoms with Gasteiger partial charge in [-0.15, -0.1) is 11.3 Å². The van der Waals surface area contributed by atoms with Crippen molar-refractivity contribution in [3.05, 3.63) is 46.1 Å². The van der Waals surface area contributed by atoms with Gasteiger partial charge in [-0.2, -0.15) is 0 Å². The van der Waals surface area contributed by atoms with Crippen LogP contribution < -0.4 is 14.5 Å². The summed E-state index contributed by atoms with van der Waals surface area (Å²) >= 11 is 7.67. The standard InChI is InChI=1S/C20H23ClN4OS/c1-14-15(2)27-20-18(14)19(22-13-23-20)25-9-7-24(8-10-25)11-12-26-17-5-3-16(21)4-6-17/h3-6,13H,7-12H2,1-2H3/p+1. The van der Waals surface area contributed by atoms with Crippen molar-refractivity contribution >= 4 is 39.0 Å². The van der Waals surface area contributed by atoms with E-state index in [0.717, 1.165) is 60.8 Å². The summed E-state index contributed by atoms with van der Waals surface area (Å²) in [6.45, 7) is 10.3. The largest absolute Gasteiger partial charge is 0.488 e. The van der Waals surface area contributed by atoms with Crippen LogP contribution in [0.3, 0.4) is 0 Å². The molecule has 0 radical (unpaired) electrons. The van der Waals surface area contributed by atoms with Crippen LogP contribution in [0, 0.1) is 13.8 Å². The number of hydrogen-bond acceptors (Lipinski definition) is 5. The van der Waals surface area contributed by atoms with Gasteiger partial charge in [0.2, 0.25) is 0 Å². The van der Waals surface area contributed by atoms with Crippen LogP contribution in [0.15, 0.2) is 30.6 Å². The van der Waals surface area contributed by atoms with Gasteiger partial charge < -0.3 is 14.5 Å². The van der Waals surface area contributed by atoms with Gasteiger partial charge in [0, 0.05) is 9.90 Å². The van der Waals surface area contributed by atoms with Gasteiger partial charge in [-0.3, -0.25) is 0 Å². The van der Waals surface area contributed by atoms with Gasteiger partial charge in [0.25, 0.3) is 0 Å². The number of nitrogens with one attached hydrogen (secondary N) is 1. The minimum atomic E-state index is 0.720. The lowest BCUT2D eigenvalue weighted by molar-refractivity contribution is -0.900. The summed E-state index contributed by atoms with van der Waals surface area (Å²) in [6, 6.07) is 7.56. The maximum atomic E-state index is 5.91. The third-order valence-electron chi connectivity index (χ3n) is 5.25. The van der Waals surface area contributed by atoms with Crippen molar-refractivity contribution in [2.24, 2.45) is 0 Å². The van der Waals surface area contributed by atoms with Crippen molar-refractivity contribution in [3.8, 4) is 5.75 Å². The van der Waals surface area contributed by atoms with Crippen LogP contribution in [0.1, 0.15) is 10.4 Å². The SMILES string of the molecule is Cc1sc2ncnc(N3CC[NH+](CCOc4ccc(Cl)cc4)CC3)c2c1C. The molecule has 3 aromatic rings. The second kappa shape index (κ2) is 8.00. The number of nitrogens with zero attached hydrogens (tertiary/aromatic N) is 3. The number of quaternary nitrogens is 1. The van der Waals surface area contributed by atoms with E-state index in [0.29, 0.717) is 0 Å². The van der Waals surface area contributed by atoms with Gasteiger partial charge in [-0.1, -0.05) is 11.6 Å². The van der Waals surface area contributed by atoms with E-state index in [1.54, 1.807) is 22.6 Å². The molecule has 1 fully saturated rings. The number of thiophene rings is 1. The highest BCUT2D eigenvalue weighted by atomic mass is 35.5. The van der Waals surface area contributed by atoms with Crippen molar-refractivity contribution < 1.29 is 9.64 Å². The average Bonchev–Trinajstić information content (AvgIpc) is 2.98. The van der Waals surface area contributed by atoms with E-state index in [4.69, 9.17) is 16.3 Å². The van der Waals surface area contributed by atoms with Gasteiger partial charge in [-0.25, -0.2) is 9.97 Å². The van der Waals surface area contributed by atoms with Crippen molar-refractivity contribution in [2.45, 2.75) is 13.8 Å². The van der Waals surface area contributed by atoms with Gasteiger partial charge in [0.15, 0.2) is 0 Å². The molecule has 27 heavy (non-hydrogen) atoms. The predicted molar refractivity (Wildman–Crippen MR) is 112 cm³/mol. The Kier molecular flexibility index (Phi) is 5.48. The van der Waals surface area contributed by atoms with Gasteiger partial charge in [0.05, 0.1) is 31.6 Å². The first-order valence-electron chi connectivity index (χ1n) is 9.29. The maximum absolute atomic E-state index is 5.91. The number of aryl methyl sites for hydroxylation is 2. The topological polar surface area (TPSA) is 42.7 Å². The van der Waals surface area contributed by atoms with Crippen LogP contribution in [0.2, 0.25) is 5.02 Å². The number of fused-ring (bicyclic) bond motifs is 1. The van der Waals surface area contributed by atoms with Gasteiger partial charge >= 0.3 is 0 Å². The first-order valence-corrected chi connectivity index (χ1v) is 10.5. The molecule has 3 heterocycles. The first kappa shape index (κ1) is 18.5. The predicted octanol–water partition coefficient (Wildman–Crippen LogP) is 2.75. The average molecular weight is 404 g/mol. The first-order chi connectivity index (χ1) is 13.1. The zero-order chi connectivity index (χ0) is 18.8. The van der Waals surface area contributed by atoms with Gasteiger partial charge in [0.1, 0.15) is 35.9 Å². The molecule has 1 aliphatic rings. The Labute approximate surface area is 168 Å². The van der Waals surface area contributed by atoms with Crippen molar-refractivity contribution in [1.82, 2.24) is 9.97 Å². The molecule has 2 aromatic heterocycles. The molecule has 0 unspecified atom stereocenters. The van der Waals surface area contributed by atoms with Crippen LogP contribution in [-0.2, 0) is 0 Å². The number of benzene rings is 1. The molecule has 7 heteroatoms. The molecule has 1 N–H and O–H groups in total. The minimum Gasteiger partial charge on any atom is -0.488 e. The molecule has 0 saturated carbocycles. The van der Waals surface area contributed by atoms with E-state index in [9.17, 15) is 0 Å². The molecule has 1 saturated heterocycles. The lowest BCUT2D eigenvalue weighted by Crippen LogP contribution is -3.15. The van der Waals surface area contributed by atoms with E-state index < -0.39 is 0 Å². The molecule has 1 aliphatic heterocycles. The molecule has 0 atom stereocenters. The Hall–Kier alpha value is -1.89. The molecule has 1 aromatic carbocycles. The molecule has 0 spiro atoms. The number of ether oxygens (including phenoxy) is 1.